The first-order valence-corrected chi connectivity index (χ1v) is 6.79. The van der Waals surface area contributed by atoms with E-state index in [9.17, 15) is 8.42 Å². The first-order chi connectivity index (χ1) is 6.59. The molecule has 0 radical (unpaired) electrons. The predicted molar refractivity (Wildman–Crippen MR) is 57.7 cm³/mol. The first-order valence-electron chi connectivity index (χ1n) is 5.28. The Morgan fingerprint density at radius 1 is 1.36 bits per heavy atom. The van der Waals surface area contributed by atoms with Crippen LogP contribution >= 0.6 is 0 Å². The number of sulfonamides is 1. The predicted octanol–water partition coefficient (Wildman–Crippen LogP) is 0.410. The summed E-state index contributed by atoms with van der Waals surface area (Å²) in [6.45, 7) is 6.54. The Morgan fingerprint density at radius 2 is 1.93 bits per heavy atom. The van der Waals surface area contributed by atoms with Gasteiger partial charge in [0.1, 0.15) is 0 Å². The smallest absolute Gasteiger partial charge is 0.217 e. The minimum Gasteiger partial charge on any atom is -0.316 e. The van der Waals surface area contributed by atoms with Crippen LogP contribution in [-0.4, -0.2) is 44.2 Å². The summed E-state index contributed by atoms with van der Waals surface area (Å²) in [6, 6.07) is 0. The van der Waals surface area contributed by atoms with Crippen LogP contribution in [0.1, 0.15) is 26.7 Å². The fourth-order valence-electron chi connectivity index (χ4n) is 1.65. The maximum atomic E-state index is 11.9. The van der Waals surface area contributed by atoms with Gasteiger partial charge in [-0.05, 0) is 26.3 Å². The maximum Gasteiger partial charge on any atom is 0.217 e. The van der Waals surface area contributed by atoms with E-state index in [-0.39, 0.29) is 5.25 Å². The summed E-state index contributed by atoms with van der Waals surface area (Å²) in [7, 11) is -3.04. The van der Waals surface area contributed by atoms with Crippen LogP contribution in [0.15, 0.2) is 0 Å². The van der Waals surface area contributed by atoms with Crippen LogP contribution in [-0.2, 0) is 10.0 Å². The molecule has 1 saturated heterocycles. The third kappa shape index (κ3) is 2.68. The van der Waals surface area contributed by atoms with Gasteiger partial charge in [-0.1, -0.05) is 6.92 Å². The van der Waals surface area contributed by atoms with Gasteiger partial charge >= 0.3 is 0 Å². The van der Waals surface area contributed by atoms with Crippen molar-refractivity contribution in [3.63, 3.8) is 0 Å². The van der Waals surface area contributed by atoms with E-state index in [1.54, 1.807) is 11.2 Å². The number of rotatable bonds is 5. The second-order valence-electron chi connectivity index (χ2n) is 3.77. The molecule has 1 heterocycles. The topological polar surface area (TPSA) is 49.4 Å². The molecule has 1 fully saturated rings. The zero-order chi connectivity index (χ0) is 10.6. The molecule has 0 aliphatic carbocycles. The van der Waals surface area contributed by atoms with E-state index < -0.39 is 10.0 Å². The Morgan fingerprint density at radius 3 is 2.43 bits per heavy atom. The highest BCUT2D eigenvalue weighted by atomic mass is 32.2. The van der Waals surface area contributed by atoms with Crippen molar-refractivity contribution in [2.75, 3.05) is 26.2 Å². The van der Waals surface area contributed by atoms with Gasteiger partial charge in [-0.15, -0.1) is 0 Å². The molecule has 4 nitrogen and oxygen atoms in total. The first kappa shape index (κ1) is 11.9. The number of nitrogens with zero attached hydrogens (tertiary/aromatic N) is 1. The summed E-state index contributed by atoms with van der Waals surface area (Å²) >= 11 is 0. The highest BCUT2D eigenvalue weighted by molar-refractivity contribution is 7.89. The van der Waals surface area contributed by atoms with Crippen molar-refractivity contribution >= 4 is 10.0 Å². The number of hydrogen-bond donors (Lipinski definition) is 1. The molecule has 0 saturated carbocycles. The molecule has 1 N–H and O–H groups in total. The summed E-state index contributed by atoms with van der Waals surface area (Å²) in [5.74, 6) is 0. The molecular weight excluding hydrogens is 200 g/mol. The normalized spacial score (nSPS) is 21.3. The van der Waals surface area contributed by atoms with Crippen LogP contribution < -0.4 is 5.32 Å². The summed E-state index contributed by atoms with van der Waals surface area (Å²) in [5, 5.41) is 2.77. The molecule has 1 aliphatic heterocycles. The Labute approximate surface area is 86.7 Å². The summed E-state index contributed by atoms with van der Waals surface area (Å²) in [6.07, 6.45) is 2.01. The van der Waals surface area contributed by atoms with Crippen LogP contribution in [0.3, 0.4) is 0 Å². The maximum absolute atomic E-state index is 11.9. The lowest BCUT2D eigenvalue weighted by atomic mass is 10.4. The van der Waals surface area contributed by atoms with Gasteiger partial charge in [0.15, 0.2) is 0 Å². The fraction of sp³-hybridized carbons (Fsp3) is 1.00. The average Bonchev–Trinajstić information content (AvgIpc) is 2.67. The molecule has 84 valence electrons. The standard InChI is InChI=1S/C9H20N2O2S/c1-3-10-8-9(2)14(12,13)11-6-4-5-7-11/h9-10H,3-8H2,1-2H3. The van der Waals surface area contributed by atoms with E-state index in [4.69, 9.17) is 0 Å². The Hall–Kier alpha value is -0.130. The largest absolute Gasteiger partial charge is 0.316 e. The summed E-state index contributed by atoms with van der Waals surface area (Å²) in [4.78, 5) is 0. The molecule has 14 heavy (non-hydrogen) atoms. The lowest BCUT2D eigenvalue weighted by Crippen LogP contribution is -2.40. The van der Waals surface area contributed by atoms with E-state index in [2.05, 4.69) is 5.32 Å². The van der Waals surface area contributed by atoms with Crippen molar-refractivity contribution in [3.05, 3.63) is 0 Å². The molecule has 0 spiro atoms. The minimum absolute atomic E-state index is 0.305. The van der Waals surface area contributed by atoms with Gasteiger partial charge in [0.05, 0.1) is 5.25 Å². The molecule has 0 amide bonds. The van der Waals surface area contributed by atoms with Gasteiger partial charge in [0, 0.05) is 19.6 Å². The van der Waals surface area contributed by atoms with Crippen molar-refractivity contribution in [2.24, 2.45) is 0 Å². The quantitative estimate of drug-likeness (QED) is 0.730. The minimum atomic E-state index is -3.04. The van der Waals surface area contributed by atoms with Crippen molar-refractivity contribution in [3.8, 4) is 0 Å². The highest BCUT2D eigenvalue weighted by Gasteiger charge is 2.30. The Bertz CT molecular complexity index is 258. The van der Waals surface area contributed by atoms with Gasteiger partial charge in [-0.25, -0.2) is 12.7 Å². The molecular formula is C9H20N2O2S. The molecule has 1 atom stereocenters. The van der Waals surface area contributed by atoms with Gasteiger partial charge in [0.2, 0.25) is 10.0 Å². The lowest BCUT2D eigenvalue weighted by molar-refractivity contribution is 0.464. The molecule has 0 aromatic carbocycles. The average molecular weight is 220 g/mol. The van der Waals surface area contributed by atoms with Crippen molar-refractivity contribution in [1.29, 1.82) is 0 Å². The highest BCUT2D eigenvalue weighted by Crippen LogP contribution is 2.16. The van der Waals surface area contributed by atoms with Gasteiger partial charge in [-0.3, -0.25) is 0 Å². The third-order valence-electron chi connectivity index (χ3n) is 2.62. The second kappa shape index (κ2) is 5.09. The van der Waals surface area contributed by atoms with Crippen LogP contribution in [0.5, 0.6) is 0 Å². The van der Waals surface area contributed by atoms with E-state index in [0.717, 1.165) is 19.4 Å². The summed E-state index contributed by atoms with van der Waals surface area (Å²) < 4.78 is 25.5. The lowest BCUT2D eigenvalue weighted by Gasteiger charge is -2.21. The fourth-order valence-corrected chi connectivity index (χ4v) is 3.25. The van der Waals surface area contributed by atoms with E-state index in [0.29, 0.717) is 19.6 Å². The molecule has 1 rings (SSSR count). The molecule has 5 heteroatoms. The van der Waals surface area contributed by atoms with Crippen LogP contribution in [0.2, 0.25) is 0 Å². The van der Waals surface area contributed by atoms with Crippen LogP contribution in [0.4, 0.5) is 0 Å². The zero-order valence-electron chi connectivity index (χ0n) is 8.99. The second-order valence-corrected chi connectivity index (χ2v) is 6.12. The third-order valence-corrected chi connectivity index (χ3v) is 4.88. The zero-order valence-corrected chi connectivity index (χ0v) is 9.81. The van der Waals surface area contributed by atoms with Crippen molar-refractivity contribution < 1.29 is 8.42 Å². The van der Waals surface area contributed by atoms with E-state index in [1.165, 1.54) is 0 Å². The van der Waals surface area contributed by atoms with Gasteiger partial charge in [0.25, 0.3) is 0 Å². The van der Waals surface area contributed by atoms with Crippen LogP contribution in [0.25, 0.3) is 0 Å². The van der Waals surface area contributed by atoms with Crippen LogP contribution in [0, 0.1) is 0 Å². The van der Waals surface area contributed by atoms with Gasteiger partial charge in [-0.2, -0.15) is 0 Å². The number of hydrogen-bond acceptors (Lipinski definition) is 3. The SMILES string of the molecule is CCNCC(C)S(=O)(=O)N1CCCC1. The Kier molecular flexibility index (Phi) is 4.34. The van der Waals surface area contributed by atoms with E-state index >= 15 is 0 Å². The Balaban J connectivity index is 2.54. The van der Waals surface area contributed by atoms with Crippen molar-refractivity contribution in [2.45, 2.75) is 31.9 Å². The number of nitrogens with one attached hydrogen (secondary N) is 1. The summed E-state index contributed by atoms with van der Waals surface area (Å²) in [5.41, 5.74) is 0. The van der Waals surface area contributed by atoms with Crippen molar-refractivity contribution in [1.82, 2.24) is 9.62 Å². The molecule has 0 bridgehead atoms. The molecule has 0 aromatic rings. The van der Waals surface area contributed by atoms with Gasteiger partial charge < -0.3 is 5.32 Å². The monoisotopic (exact) mass is 220 g/mol. The molecule has 1 aliphatic rings. The molecule has 0 aromatic heterocycles. The molecule has 1 unspecified atom stereocenters. The van der Waals surface area contributed by atoms with E-state index in [1.807, 2.05) is 6.92 Å².